The Labute approximate surface area is 120 Å². The van der Waals surface area contributed by atoms with Gasteiger partial charge in [-0.2, -0.15) is 0 Å². The monoisotopic (exact) mass is 273 g/mol. The van der Waals surface area contributed by atoms with E-state index in [1.165, 1.54) is 0 Å². The molecule has 108 valence electrons. The average molecular weight is 273 g/mol. The highest BCUT2D eigenvalue weighted by molar-refractivity contribution is 6.01. The average Bonchev–Trinajstić information content (AvgIpc) is 2.44. The van der Waals surface area contributed by atoms with Crippen LogP contribution in [0.25, 0.3) is 0 Å². The zero-order valence-corrected chi connectivity index (χ0v) is 12.3. The number of likely N-dealkylation sites (N-methyl/N-ethyl adjacent to an activating group) is 1. The van der Waals surface area contributed by atoms with Crippen LogP contribution >= 0.6 is 0 Å². The third kappa shape index (κ3) is 1.90. The summed E-state index contributed by atoms with van der Waals surface area (Å²) in [6.45, 7) is 4.28. The number of nitrogens with two attached hydrogens (primary N) is 1. The molecule has 1 aromatic carbocycles. The topological polar surface area (TPSA) is 49.6 Å². The lowest BCUT2D eigenvalue weighted by atomic mass is 9.61. The van der Waals surface area contributed by atoms with E-state index in [2.05, 4.69) is 24.9 Å². The highest BCUT2D eigenvalue weighted by Crippen LogP contribution is 2.47. The van der Waals surface area contributed by atoms with E-state index in [0.29, 0.717) is 12.5 Å². The van der Waals surface area contributed by atoms with Gasteiger partial charge in [-0.25, -0.2) is 0 Å². The number of carbonyl (C=O) groups excluding carboxylic acids is 1. The van der Waals surface area contributed by atoms with Crippen molar-refractivity contribution in [1.29, 1.82) is 0 Å². The van der Waals surface area contributed by atoms with Gasteiger partial charge in [-0.05, 0) is 30.9 Å². The van der Waals surface area contributed by atoms with Crippen molar-refractivity contribution in [3.05, 3.63) is 24.3 Å². The summed E-state index contributed by atoms with van der Waals surface area (Å²) in [4.78, 5) is 17.1. The molecule has 4 nitrogen and oxygen atoms in total. The molecule has 1 heterocycles. The lowest BCUT2D eigenvalue weighted by molar-refractivity contribution is -0.135. The van der Waals surface area contributed by atoms with Crippen LogP contribution in [0.15, 0.2) is 24.3 Å². The molecule has 0 bridgehead atoms. The smallest absolute Gasteiger partial charge is 0.234 e. The minimum Gasteiger partial charge on any atom is -0.371 e. The SMILES string of the molecule is CC1CC(CN)(C(=O)N2CCN(C)c3ccccc32)C1. The van der Waals surface area contributed by atoms with E-state index in [0.717, 1.165) is 37.3 Å². The molecule has 0 unspecified atom stereocenters. The second kappa shape index (κ2) is 4.77. The number of nitrogens with zero attached hydrogens (tertiary/aromatic N) is 2. The predicted molar refractivity (Wildman–Crippen MR) is 82.0 cm³/mol. The first-order valence-corrected chi connectivity index (χ1v) is 7.39. The van der Waals surface area contributed by atoms with Gasteiger partial charge in [0.2, 0.25) is 5.91 Å². The van der Waals surface area contributed by atoms with Gasteiger partial charge < -0.3 is 15.5 Å². The van der Waals surface area contributed by atoms with E-state index >= 15 is 0 Å². The maximum Gasteiger partial charge on any atom is 0.234 e. The zero-order valence-electron chi connectivity index (χ0n) is 12.3. The first-order chi connectivity index (χ1) is 9.57. The second-order valence-electron chi connectivity index (χ2n) is 6.36. The van der Waals surface area contributed by atoms with Crippen LogP contribution in [0.4, 0.5) is 11.4 Å². The number of hydrogen-bond acceptors (Lipinski definition) is 3. The number of benzene rings is 1. The minimum absolute atomic E-state index is 0.221. The Balaban J connectivity index is 1.92. The molecule has 1 aliphatic carbocycles. The first-order valence-electron chi connectivity index (χ1n) is 7.39. The van der Waals surface area contributed by atoms with Gasteiger partial charge in [0.25, 0.3) is 0 Å². The number of amides is 1. The van der Waals surface area contributed by atoms with Crippen molar-refractivity contribution in [3.63, 3.8) is 0 Å². The highest BCUT2D eigenvalue weighted by Gasteiger charge is 2.49. The summed E-state index contributed by atoms with van der Waals surface area (Å²) in [5.74, 6) is 0.837. The van der Waals surface area contributed by atoms with Crippen LogP contribution < -0.4 is 15.5 Å². The molecule has 0 radical (unpaired) electrons. The molecule has 20 heavy (non-hydrogen) atoms. The molecule has 0 saturated heterocycles. The van der Waals surface area contributed by atoms with Gasteiger partial charge in [-0.1, -0.05) is 19.1 Å². The van der Waals surface area contributed by atoms with Crippen LogP contribution in [-0.2, 0) is 4.79 Å². The van der Waals surface area contributed by atoms with Crippen LogP contribution in [0.3, 0.4) is 0 Å². The molecule has 3 rings (SSSR count). The number of para-hydroxylation sites is 2. The standard InChI is InChI=1S/C16H23N3O/c1-12-9-16(10-12,11-17)15(20)19-8-7-18(2)13-5-3-4-6-14(13)19/h3-6,12H,7-11,17H2,1-2H3. The highest BCUT2D eigenvalue weighted by atomic mass is 16.2. The molecule has 2 aliphatic rings. The number of hydrogen-bond donors (Lipinski definition) is 1. The van der Waals surface area contributed by atoms with Crippen molar-refractivity contribution in [3.8, 4) is 0 Å². The third-order valence-electron chi connectivity index (χ3n) is 4.81. The summed E-state index contributed by atoms with van der Waals surface area (Å²) in [5, 5.41) is 0. The number of rotatable bonds is 2. The van der Waals surface area contributed by atoms with E-state index in [4.69, 9.17) is 5.73 Å². The number of anilines is 2. The first kappa shape index (κ1) is 13.4. The Morgan fingerprint density at radius 1 is 1.30 bits per heavy atom. The normalized spacial score (nSPS) is 28.9. The van der Waals surface area contributed by atoms with E-state index in [-0.39, 0.29) is 11.3 Å². The van der Waals surface area contributed by atoms with Crippen molar-refractivity contribution >= 4 is 17.3 Å². The van der Waals surface area contributed by atoms with Crippen molar-refractivity contribution < 1.29 is 4.79 Å². The predicted octanol–water partition coefficient (Wildman–Crippen LogP) is 1.84. The minimum atomic E-state index is -0.317. The summed E-state index contributed by atoms with van der Waals surface area (Å²) in [5.41, 5.74) is 7.77. The summed E-state index contributed by atoms with van der Waals surface area (Å²) in [6, 6.07) is 8.13. The van der Waals surface area contributed by atoms with Gasteiger partial charge in [-0.15, -0.1) is 0 Å². The van der Waals surface area contributed by atoms with Gasteiger partial charge >= 0.3 is 0 Å². The summed E-state index contributed by atoms with van der Waals surface area (Å²) in [7, 11) is 2.07. The Kier molecular flexibility index (Phi) is 3.21. The maximum atomic E-state index is 13.0. The van der Waals surface area contributed by atoms with Crippen LogP contribution in [0.2, 0.25) is 0 Å². The lowest BCUT2D eigenvalue weighted by Crippen LogP contribution is -2.57. The number of fused-ring (bicyclic) bond motifs is 1. The molecule has 1 fully saturated rings. The fraction of sp³-hybridized carbons (Fsp3) is 0.562. The van der Waals surface area contributed by atoms with Gasteiger partial charge in [0.05, 0.1) is 16.8 Å². The maximum absolute atomic E-state index is 13.0. The van der Waals surface area contributed by atoms with Crippen LogP contribution in [-0.4, -0.2) is 32.6 Å². The molecule has 0 spiro atoms. The fourth-order valence-corrected chi connectivity index (χ4v) is 3.71. The summed E-state index contributed by atoms with van der Waals surface area (Å²) >= 11 is 0. The molecule has 4 heteroatoms. The largest absolute Gasteiger partial charge is 0.371 e. The molecular formula is C16H23N3O. The van der Waals surface area contributed by atoms with Crippen molar-refractivity contribution in [1.82, 2.24) is 0 Å². The van der Waals surface area contributed by atoms with Gasteiger partial charge in [0.1, 0.15) is 0 Å². The summed E-state index contributed by atoms with van der Waals surface area (Å²) in [6.07, 6.45) is 1.85. The second-order valence-corrected chi connectivity index (χ2v) is 6.36. The van der Waals surface area contributed by atoms with Crippen molar-refractivity contribution in [2.75, 3.05) is 36.5 Å². The van der Waals surface area contributed by atoms with E-state index in [1.54, 1.807) is 0 Å². The number of carbonyl (C=O) groups is 1. The zero-order chi connectivity index (χ0) is 14.3. The van der Waals surface area contributed by atoms with Crippen LogP contribution in [0.1, 0.15) is 19.8 Å². The Morgan fingerprint density at radius 2 is 1.95 bits per heavy atom. The molecule has 1 aromatic rings. The molecule has 2 N–H and O–H groups in total. The van der Waals surface area contributed by atoms with E-state index in [9.17, 15) is 4.79 Å². The third-order valence-corrected chi connectivity index (χ3v) is 4.81. The summed E-state index contributed by atoms with van der Waals surface area (Å²) < 4.78 is 0. The molecule has 0 aromatic heterocycles. The fourth-order valence-electron chi connectivity index (χ4n) is 3.71. The quantitative estimate of drug-likeness (QED) is 0.894. The Bertz CT molecular complexity index is 522. The lowest BCUT2D eigenvalue weighted by Gasteiger charge is -2.48. The molecule has 1 amide bonds. The van der Waals surface area contributed by atoms with Gasteiger partial charge in [-0.3, -0.25) is 4.79 Å². The molecule has 1 aliphatic heterocycles. The molecule has 1 saturated carbocycles. The van der Waals surface area contributed by atoms with Gasteiger partial charge in [0, 0.05) is 26.7 Å². The Morgan fingerprint density at radius 3 is 2.55 bits per heavy atom. The van der Waals surface area contributed by atoms with E-state index < -0.39 is 0 Å². The van der Waals surface area contributed by atoms with Crippen LogP contribution in [0.5, 0.6) is 0 Å². The Hall–Kier alpha value is -1.55. The molecular weight excluding hydrogens is 250 g/mol. The van der Waals surface area contributed by atoms with Crippen molar-refractivity contribution in [2.24, 2.45) is 17.1 Å². The van der Waals surface area contributed by atoms with Gasteiger partial charge in [0.15, 0.2) is 0 Å². The molecule has 0 atom stereocenters. The van der Waals surface area contributed by atoms with Crippen LogP contribution in [0, 0.1) is 11.3 Å². The van der Waals surface area contributed by atoms with Crippen molar-refractivity contribution in [2.45, 2.75) is 19.8 Å². The van der Waals surface area contributed by atoms with E-state index in [1.807, 2.05) is 23.1 Å².